The number of likely N-dealkylation sites (N-methyl/N-ethyl adjacent to an activating group) is 1. The van der Waals surface area contributed by atoms with Crippen molar-refractivity contribution in [3.8, 4) is 11.8 Å². The van der Waals surface area contributed by atoms with Gasteiger partial charge in [-0.1, -0.05) is 143 Å². The second-order valence-electron chi connectivity index (χ2n) is 15.1. The number of rotatable bonds is 14. The van der Waals surface area contributed by atoms with Gasteiger partial charge in [0.15, 0.2) is 14.7 Å². The van der Waals surface area contributed by atoms with Gasteiger partial charge in [0.1, 0.15) is 6.10 Å². The van der Waals surface area contributed by atoms with Gasteiger partial charge < -0.3 is 26.0 Å². The Morgan fingerprint density at radius 2 is 1.44 bits per heavy atom. The summed E-state index contributed by atoms with van der Waals surface area (Å²) in [7, 11) is -1.19. The fourth-order valence-corrected chi connectivity index (χ4v) is 6.91. The zero-order valence-electron chi connectivity index (χ0n) is 34.9. The second kappa shape index (κ2) is 24.9. The lowest BCUT2D eigenvalue weighted by Crippen LogP contribution is -2.44. The van der Waals surface area contributed by atoms with Crippen molar-refractivity contribution in [3.63, 3.8) is 0 Å². The maximum atomic E-state index is 11.4. The SMILES string of the molecule is CN(C/C=C/C#CC(C)(C)C)Cc1cccc2ccccc12.CS(=O)(=O)c1ccc([C@@H](O)[C@@H](CO)NC(=O)C(Cl)Cl)cc1.O=C(O)Cc1ccccc1Nc1c(Cl)cccc1Cl. The van der Waals surface area contributed by atoms with Crippen molar-refractivity contribution in [3.05, 3.63) is 148 Å². The molecule has 0 radical (unpaired) electrons. The number of amides is 1. The van der Waals surface area contributed by atoms with E-state index in [4.69, 9.17) is 51.5 Å². The molecular formula is C47H51Cl4N3O7S. The summed E-state index contributed by atoms with van der Waals surface area (Å²) in [6.45, 7) is 7.68. The van der Waals surface area contributed by atoms with E-state index in [1.165, 1.54) is 40.6 Å². The number of aliphatic carboxylic acids is 1. The van der Waals surface area contributed by atoms with Crippen LogP contribution in [-0.2, 0) is 32.4 Å². The van der Waals surface area contributed by atoms with E-state index in [0.29, 0.717) is 32.5 Å². The summed E-state index contributed by atoms with van der Waals surface area (Å²) in [6.07, 6.45) is 3.86. The third kappa shape index (κ3) is 17.6. The highest BCUT2D eigenvalue weighted by Gasteiger charge is 2.25. The summed E-state index contributed by atoms with van der Waals surface area (Å²) in [5.74, 6) is 4.70. The van der Waals surface area contributed by atoms with Gasteiger partial charge in [-0.3, -0.25) is 14.5 Å². The van der Waals surface area contributed by atoms with Crippen molar-refractivity contribution in [2.45, 2.75) is 55.6 Å². The fraction of sp³-hybridized carbons (Fsp3) is 0.277. The molecule has 0 saturated carbocycles. The Labute approximate surface area is 384 Å². The molecular weight excluding hydrogens is 892 g/mol. The lowest BCUT2D eigenvalue weighted by molar-refractivity contribution is -0.136. The first-order chi connectivity index (χ1) is 29.2. The Kier molecular flexibility index (Phi) is 20.8. The fourth-order valence-electron chi connectivity index (χ4n) is 5.66. The van der Waals surface area contributed by atoms with Gasteiger partial charge in [-0.2, -0.15) is 0 Å². The summed E-state index contributed by atoms with van der Waals surface area (Å²) >= 11 is 22.9. The molecule has 5 N–H and O–H groups in total. The lowest BCUT2D eigenvalue weighted by atomic mass is 9.98. The second-order valence-corrected chi connectivity index (χ2v) is 19.0. The zero-order valence-corrected chi connectivity index (χ0v) is 38.8. The molecule has 10 nitrogen and oxygen atoms in total. The number of nitrogens with zero attached hydrogens (tertiary/aromatic N) is 1. The molecule has 0 aromatic heterocycles. The number of carbonyl (C=O) groups is 2. The standard InChI is InChI=1S/C21H25N.C14H11Cl2NO2.C12H15Cl2NO5S/c1-21(2,3)15-8-5-9-16-22(4)17-19-13-10-12-18-11-6-7-14-20(18)19;15-10-5-3-6-11(16)14(10)17-12-7-2-1-4-9(12)8-13(18)19;1-21(19,20)8-4-2-7(3-5-8)10(17)9(6-16)15-12(18)11(13)14/h5-7,9-14H,16-17H2,1-4H3;1-7,17H,8H2,(H,18,19);2-5,9-11,16-17H,6H2,1H3,(H,15,18)/b9-5+;;/t;;9-,10-/m..1/s1. The van der Waals surface area contributed by atoms with E-state index in [9.17, 15) is 28.2 Å². The minimum absolute atomic E-state index is 0.0642. The van der Waals surface area contributed by atoms with E-state index in [1.54, 1.807) is 36.4 Å². The van der Waals surface area contributed by atoms with Crippen LogP contribution in [0.15, 0.2) is 126 Å². The number of anilines is 2. The topological polar surface area (TPSA) is 156 Å². The van der Waals surface area contributed by atoms with Crippen molar-refractivity contribution in [1.29, 1.82) is 0 Å². The number of benzene rings is 5. The van der Waals surface area contributed by atoms with E-state index >= 15 is 0 Å². The first-order valence-electron chi connectivity index (χ1n) is 19.2. The quantitative estimate of drug-likeness (QED) is 0.0541. The molecule has 5 aromatic rings. The number of hydrogen-bond donors (Lipinski definition) is 5. The average molecular weight is 944 g/mol. The number of fused-ring (bicyclic) bond motifs is 1. The molecule has 0 aliphatic heterocycles. The van der Waals surface area contributed by atoms with Gasteiger partial charge in [0.05, 0.1) is 39.7 Å². The first-order valence-corrected chi connectivity index (χ1v) is 22.7. The summed E-state index contributed by atoms with van der Waals surface area (Å²) < 4.78 is 22.7. The van der Waals surface area contributed by atoms with Gasteiger partial charge in [0, 0.05) is 30.4 Å². The number of nitrogens with one attached hydrogen (secondary N) is 2. The van der Waals surface area contributed by atoms with Crippen molar-refractivity contribution in [1.82, 2.24) is 10.2 Å². The number of halogens is 4. The highest BCUT2D eigenvalue weighted by Crippen LogP contribution is 2.33. The maximum Gasteiger partial charge on any atom is 0.307 e. The molecule has 62 heavy (non-hydrogen) atoms. The van der Waals surface area contributed by atoms with Crippen LogP contribution in [0.4, 0.5) is 11.4 Å². The molecule has 0 fully saturated rings. The normalized spacial score (nSPS) is 12.3. The lowest BCUT2D eigenvalue weighted by Gasteiger charge is -2.23. The van der Waals surface area contributed by atoms with E-state index in [0.717, 1.165) is 19.3 Å². The van der Waals surface area contributed by atoms with Crippen molar-refractivity contribution in [2.24, 2.45) is 5.41 Å². The Bertz CT molecular complexity index is 2440. The van der Waals surface area contributed by atoms with Crippen LogP contribution in [0.1, 0.15) is 43.6 Å². The predicted molar refractivity (Wildman–Crippen MR) is 253 cm³/mol. The minimum atomic E-state index is -3.34. The largest absolute Gasteiger partial charge is 0.481 e. The van der Waals surface area contributed by atoms with Gasteiger partial charge >= 0.3 is 5.97 Å². The van der Waals surface area contributed by atoms with Gasteiger partial charge in [-0.05, 0) is 91.7 Å². The highest BCUT2D eigenvalue weighted by molar-refractivity contribution is 7.90. The van der Waals surface area contributed by atoms with Gasteiger partial charge in [0.2, 0.25) is 0 Å². The number of aliphatic hydroxyl groups is 2. The van der Waals surface area contributed by atoms with E-state index in [-0.39, 0.29) is 16.7 Å². The number of carboxylic acids is 1. The Morgan fingerprint density at radius 1 is 0.855 bits per heavy atom. The highest BCUT2D eigenvalue weighted by atomic mass is 35.5. The van der Waals surface area contributed by atoms with Crippen molar-refractivity contribution < 1.29 is 33.3 Å². The minimum Gasteiger partial charge on any atom is -0.481 e. The number of allylic oxidation sites excluding steroid dienone is 1. The summed E-state index contributed by atoms with van der Waals surface area (Å²) in [5.41, 5.74) is 3.70. The van der Waals surface area contributed by atoms with Crippen LogP contribution in [0, 0.1) is 17.3 Å². The number of carboxylic acid groups (broad SMARTS) is 1. The van der Waals surface area contributed by atoms with Crippen LogP contribution in [0.5, 0.6) is 0 Å². The van der Waals surface area contributed by atoms with Crippen LogP contribution in [-0.4, -0.2) is 77.8 Å². The van der Waals surface area contributed by atoms with E-state index < -0.39 is 45.3 Å². The van der Waals surface area contributed by atoms with Crippen LogP contribution in [0.25, 0.3) is 10.8 Å². The monoisotopic (exact) mass is 941 g/mol. The number of para-hydroxylation sites is 2. The molecule has 0 heterocycles. The smallest absolute Gasteiger partial charge is 0.307 e. The van der Waals surface area contributed by atoms with Crippen molar-refractivity contribution in [2.75, 3.05) is 31.8 Å². The Balaban J connectivity index is 0.000000248. The van der Waals surface area contributed by atoms with Crippen LogP contribution >= 0.6 is 46.4 Å². The van der Waals surface area contributed by atoms with Crippen molar-refractivity contribution >= 4 is 90.3 Å². The molecule has 0 spiro atoms. The third-order valence-corrected chi connectivity index (χ3v) is 10.9. The number of aliphatic hydroxyl groups excluding tert-OH is 2. The third-order valence-electron chi connectivity index (χ3n) is 8.72. The molecule has 330 valence electrons. The number of alkyl halides is 2. The van der Waals surface area contributed by atoms with Crippen LogP contribution < -0.4 is 10.6 Å². The van der Waals surface area contributed by atoms with E-state index in [1.807, 2.05) is 12.1 Å². The van der Waals surface area contributed by atoms with Gasteiger partial charge in [0.25, 0.3) is 5.91 Å². The maximum absolute atomic E-state index is 11.4. The zero-order chi connectivity index (χ0) is 46.0. The van der Waals surface area contributed by atoms with E-state index in [2.05, 4.69) is 104 Å². The van der Waals surface area contributed by atoms with Gasteiger partial charge in [-0.15, -0.1) is 0 Å². The molecule has 0 bridgehead atoms. The Morgan fingerprint density at radius 3 is 2.03 bits per heavy atom. The molecule has 0 aliphatic carbocycles. The predicted octanol–water partition coefficient (Wildman–Crippen LogP) is 9.65. The molecule has 15 heteroatoms. The average Bonchev–Trinajstić information content (AvgIpc) is 3.21. The molecule has 2 atom stereocenters. The number of hydrogen-bond acceptors (Lipinski definition) is 8. The van der Waals surface area contributed by atoms with Crippen LogP contribution in [0.2, 0.25) is 10.0 Å². The molecule has 5 aromatic carbocycles. The molecule has 0 aliphatic rings. The number of sulfone groups is 1. The Hall–Kier alpha value is -4.61. The first kappa shape index (κ1) is 51.7. The molecule has 5 rings (SSSR count). The van der Waals surface area contributed by atoms with Gasteiger partial charge in [-0.25, -0.2) is 8.42 Å². The summed E-state index contributed by atoms with van der Waals surface area (Å²) in [4.78, 5) is 23.3. The molecule has 0 saturated heterocycles. The summed E-state index contributed by atoms with van der Waals surface area (Å²) in [5, 5.41) is 37.2. The summed E-state index contributed by atoms with van der Waals surface area (Å²) in [6, 6.07) is 31.8. The number of carbonyl (C=O) groups excluding carboxylic acids is 1. The van der Waals surface area contributed by atoms with Crippen LogP contribution in [0.3, 0.4) is 0 Å². The molecule has 0 unspecified atom stereocenters. The molecule has 1 amide bonds.